The number of carbonyl (C=O) groups excluding carboxylic acids is 1. The van der Waals surface area contributed by atoms with Gasteiger partial charge in [-0.25, -0.2) is 13.2 Å². The molecule has 7 nitrogen and oxygen atoms in total. The van der Waals surface area contributed by atoms with Gasteiger partial charge in [0.05, 0.1) is 5.75 Å². The van der Waals surface area contributed by atoms with E-state index in [0.29, 0.717) is 13.0 Å². The van der Waals surface area contributed by atoms with E-state index in [-0.39, 0.29) is 24.7 Å². The van der Waals surface area contributed by atoms with Crippen molar-refractivity contribution in [2.75, 3.05) is 39.2 Å². The quantitative estimate of drug-likeness (QED) is 0.701. The third kappa shape index (κ3) is 7.88. The highest BCUT2D eigenvalue weighted by Gasteiger charge is 2.15. The summed E-state index contributed by atoms with van der Waals surface area (Å²) in [6.07, 6.45) is 1.49. The molecule has 0 aliphatic carbocycles. The second-order valence-electron chi connectivity index (χ2n) is 4.25. The Morgan fingerprint density at radius 1 is 1.11 bits per heavy atom. The number of carboxylic acids is 1. The summed E-state index contributed by atoms with van der Waals surface area (Å²) >= 11 is 0. The SMILES string of the molecule is CN(CCCC(=O)O)C(=O)N(C)CCS(C)(=O)=O. The first-order valence-corrected chi connectivity index (χ1v) is 7.55. The highest BCUT2D eigenvalue weighted by molar-refractivity contribution is 7.90. The van der Waals surface area contributed by atoms with E-state index in [2.05, 4.69) is 0 Å². The van der Waals surface area contributed by atoms with Crippen LogP contribution >= 0.6 is 0 Å². The summed E-state index contributed by atoms with van der Waals surface area (Å²) in [6, 6.07) is -0.316. The Kier molecular flexibility index (Phi) is 6.67. The van der Waals surface area contributed by atoms with Crippen LogP contribution in [0.5, 0.6) is 0 Å². The number of hydrogen-bond donors (Lipinski definition) is 1. The van der Waals surface area contributed by atoms with Crippen LogP contribution in [0.1, 0.15) is 12.8 Å². The van der Waals surface area contributed by atoms with E-state index in [0.717, 1.165) is 6.26 Å². The molecule has 8 heteroatoms. The highest BCUT2D eigenvalue weighted by atomic mass is 32.2. The zero-order valence-corrected chi connectivity index (χ0v) is 11.7. The minimum Gasteiger partial charge on any atom is -0.481 e. The molecule has 0 spiro atoms. The van der Waals surface area contributed by atoms with Crippen LogP contribution in [0.3, 0.4) is 0 Å². The lowest BCUT2D eigenvalue weighted by Crippen LogP contribution is -2.41. The number of hydrogen-bond acceptors (Lipinski definition) is 4. The number of carboxylic acid groups (broad SMARTS) is 1. The van der Waals surface area contributed by atoms with Crippen molar-refractivity contribution in [2.24, 2.45) is 0 Å². The van der Waals surface area contributed by atoms with Gasteiger partial charge in [-0.05, 0) is 6.42 Å². The van der Waals surface area contributed by atoms with E-state index in [1.807, 2.05) is 0 Å². The van der Waals surface area contributed by atoms with Crippen LogP contribution in [0, 0.1) is 0 Å². The topological polar surface area (TPSA) is 95.0 Å². The Balaban J connectivity index is 4.08. The average molecular weight is 280 g/mol. The molecule has 106 valence electrons. The molecular formula is C10H20N2O5S. The van der Waals surface area contributed by atoms with Gasteiger partial charge in [-0.15, -0.1) is 0 Å². The monoisotopic (exact) mass is 280 g/mol. The molecule has 1 N–H and O–H groups in total. The van der Waals surface area contributed by atoms with Crippen molar-refractivity contribution in [1.29, 1.82) is 0 Å². The van der Waals surface area contributed by atoms with E-state index in [1.165, 1.54) is 16.8 Å². The largest absolute Gasteiger partial charge is 0.481 e. The van der Waals surface area contributed by atoms with Crippen molar-refractivity contribution < 1.29 is 23.1 Å². The fourth-order valence-electron chi connectivity index (χ4n) is 1.25. The average Bonchev–Trinajstić information content (AvgIpc) is 2.23. The zero-order valence-electron chi connectivity index (χ0n) is 10.9. The molecule has 18 heavy (non-hydrogen) atoms. The summed E-state index contributed by atoms with van der Waals surface area (Å²) in [4.78, 5) is 24.7. The maximum atomic E-state index is 11.7. The van der Waals surface area contributed by atoms with Crippen molar-refractivity contribution in [3.63, 3.8) is 0 Å². The van der Waals surface area contributed by atoms with Gasteiger partial charge in [-0.3, -0.25) is 4.79 Å². The minimum atomic E-state index is -3.10. The molecule has 0 atom stereocenters. The minimum absolute atomic E-state index is 0.00464. The molecule has 0 aromatic heterocycles. The van der Waals surface area contributed by atoms with Crippen LogP contribution in [0.15, 0.2) is 0 Å². The Morgan fingerprint density at radius 2 is 1.61 bits per heavy atom. The zero-order chi connectivity index (χ0) is 14.3. The van der Waals surface area contributed by atoms with Crippen molar-refractivity contribution in [3.8, 4) is 0 Å². The van der Waals surface area contributed by atoms with Crippen LogP contribution in [-0.4, -0.2) is 74.5 Å². The lowest BCUT2D eigenvalue weighted by molar-refractivity contribution is -0.137. The molecular weight excluding hydrogens is 260 g/mol. The Morgan fingerprint density at radius 3 is 2.06 bits per heavy atom. The second-order valence-corrected chi connectivity index (χ2v) is 6.51. The van der Waals surface area contributed by atoms with Crippen molar-refractivity contribution in [2.45, 2.75) is 12.8 Å². The number of rotatable bonds is 7. The molecule has 0 saturated heterocycles. The van der Waals surface area contributed by atoms with Gasteiger partial charge in [-0.1, -0.05) is 0 Å². The first kappa shape index (κ1) is 16.7. The fourth-order valence-corrected chi connectivity index (χ4v) is 1.86. The molecule has 0 bridgehead atoms. The summed E-state index contributed by atoms with van der Waals surface area (Å²) in [5, 5.41) is 8.47. The van der Waals surface area contributed by atoms with Gasteiger partial charge in [0.25, 0.3) is 0 Å². The van der Waals surface area contributed by atoms with E-state index in [1.54, 1.807) is 7.05 Å². The van der Waals surface area contributed by atoms with Crippen LogP contribution in [-0.2, 0) is 14.6 Å². The van der Waals surface area contributed by atoms with Gasteiger partial charge in [-0.2, -0.15) is 0 Å². The number of sulfone groups is 1. The number of aliphatic carboxylic acids is 1. The molecule has 2 amide bonds. The summed E-state index contributed by atoms with van der Waals surface area (Å²) in [6.45, 7) is 0.454. The Hall–Kier alpha value is -1.31. The molecule has 0 aromatic rings. The summed E-state index contributed by atoms with van der Waals surface area (Å²) in [5.74, 6) is -0.987. The van der Waals surface area contributed by atoms with Crippen LogP contribution in [0.25, 0.3) is 0 Å². The Bertz CT molecular complexity index is 393. The maximum Gasteiger partial charge on any atom is 0.319 e. The number of urea groups is 1. The molecule has 0 heterocycles. The molecule has 0 unspecified atom stereocenters. The van der Waals surface area contributed by atoms with Crippen molar-refractivity contribution >= 4 is 21.8 Å². The molecule has 0 aliphatic heterocycles. The normalized spacial score (nSPS) is 11.1. The first-order valence-electron chi connectivity index (χ1n) is 5.49. The molecule has 0 fully saturated rings. The van der Waals surface area contributed by atoms with Gasteiger partial charge in [0.1, 0.15) is 9.84 Å². The van der Waals surface area contributed by atoms with Gasteiger partial charge in [0.15, 0.2) is 0 Å². The third-order valence-electron chi connectivity index (χ3n) is 2.33. The predicted octanol–water partition coefficient (Wildman–Crippen LogP) is -0.121. The number of amides is 2. The van der Waals surface area contributed by atoms with E-state index in [4.69, 9.17) is 5.11 Å². The van der Waals surface area contributed by atoms with Crippen LogP contribution in [0.2, 0.25) is 0 Å². The van der Waals surface area contributed by atoms with E-state index < -0.39 is 15.8 Å². The van der Waals surface area contributed by atoms with Crippen molar-refractivity contribution in [3.05, 3.63) is 0 Å². The molecule has 0 aromatic carbocycles. The van der Waals surface area contributed by atoms with Gasteiger partial charge < -0.3 is 14.9 Å². The number of carbonyl (C=O) groups is 2. The molecule has 0 saturated carbocycles. The van der Waals surface area contributed by atoms with Gasteiger partial charge >= 0.3 is 12.0 Å². The maximum absolute atomic E-state index is 11.7. The lowest BCUT2D eigenvalue weighted by Gasteiger charge is -2.24. The summed E-state index contributed by atoms with van der Waals surface area (Å²) in [7, 11) is -0.0249. The third-order valence-corrected chi connectivity index (χ3v) is 3.26. The van der Waals surface area contributed by atoms with Gasteiger partial charge in [0, 0.05) is 39.9 Å². The standard InChI is InChI=1S/C10H20N2O5S/c1-11(6-4-5-9(13)14)10(15)12(2)7-8-18(3,16)17/h4-8H2,1-3H3,(H,13,14). The molecule has 0 aliphatic rings. The Labute approximate surface area is 107 Å². The van der Waals surface area contributed by atoms with Gasteiger partial charge in [0.2, 0.25) is 0 Å². The highest BCUT2D eigenvalue weighted by Crippen LogP contribution is 1.99. The summed E-state index contributed by atoms with van der Waals surface area (Å²) in [5.41, 5.74) is 0. The van der Waals surface area contributed by atoms with Crippen LogP contribution < -0.4 is 0 Å². The fraction of sp³-hybridized carbons (Fsp3) is 0.800. The lowest BCUT2D eigenvalue weighted by atomic mass is 10.3. The number of nitrogens with zero attached hydrogens (tertiary/aromatic N) is 2. The second kappa shape index (κ2) is 7.20. The van der Waals surface area contributed by atoms with E-state index >= 15 is 0 Å². The summed E-state index contributed by atoms with van der Waals surface area (Å²) < 4.78 is 21.9. The molecule has 0 radical (unpaired) electrons. The predicted molar refractivity (Wildman–Crippen MR) is 67.2 cm³/mol. The first-order chi connectivity index (χ1) is 8.13. The smallest absolute Gasteiger partial charge is 0.319 e. The van der Waals surface area contributed by atoms with Crippen LogP contribution in [0.4, 0.5) is 4.79 Å². The van der Waals surface area contributed by atoms with E-state index in [9.17, 15) is 18.0 Å². The molecule has 0 rings (SSSR count). The van der Waals surface area contributed by atoms with Crippen molar-refractivity contribution in [1.82, 2.24) is 9.80 Å².